The van der Waals surface area contributed by atoms with Crippen LogP contribution < -0.4 is 5.76 Å². The molecular formula is C18H22N2O3. The zero-order chi connectivity index (χ0) is 15.8. The molecule has 0 unspecified atom stereocenters. The molecule has 2 aliphatic carbocycles. The van der Waals surface area contributed by atoms with E-state index < -0.39 is 0 Å². The van der Waals surface area contributed by atoms with E-state index in [0.717, 1.165) is 31.2 Å². The van der Waals surface area contributed by atoms with E-state index in [-0.39, 0.29) is 11.7 Å². The van der Waals surface area contributed by atoms with E-state index in [2.05, 4.69) is 4.90 Å². The highest BCUT2D eigenvalue weighted by molar-refractivity contribution is 5.78. The maximum absolute atomic E-state index is 12.7. The summed E-state index contributed by atoms with van der Waals surface area (Å²) in [5, 5.41) is 0. The zero-order valence-corrected chi connectivity index (χ0v) is 13.2. The number of nitrogens with zero attached hydrogens (tertiary/aromatic N) is 2. The van der Waals surface area contributed by atoms with Crippen molar-refractivity contribution in [1.29, 1.82) is 0 Å². The van der Waals surface area contributed by atoms with Crippen LogP contribution in [0.2, 0.25) is 0 Å². The first-order valence-corrected chi connectivity index (χ1v) is 8.63. The van der Waals surface area contributed by atoms with E-state index in [0.29, 0.717) is 30.6 Å². The third-order valence-electron chi connectivity index (χ3n) is 5.07. The highest BCUT2D eigenvalue weighted by Crippen LogP contribution is 2.34. The lowest BCUT2D eigenvalue weighted by Gasteiger charge is -2.29. The summed E-state index contributed by atoms with van der Waals surface area (Å²) >= 11 is 0. The maximum atomic E-state index is 12.7. The first-order chi connectivity index (χ1) is 11.2. The van der Waals surface area contributed by atoms with Crippen LogP contribution in [0.1, 0.15) is 44.9 Å². The van der Waals surface area contributed by atoms with E-state index >= 15 is 0 Å². The molecule has 2 saturated carbocycles. The normalized spacial score (nSPS) is 18.6. The maximum Gasteiger partial charge on any atom is 0.419 e. The average molecular weight is 314 g/mol. The second-order valence-corrected chi connectivity index (χ2v) is 6.71. The Morgan fingerprint density at radius 1 is 1.13 bits per heavy atom. The SMILES string of the molecule is O=C(CCn1c(=O)oc2ccccc21)N(C1CCCC1)C1CC1. The molecule has 4 rings (SSSR count). The number of carbonyl (C=O) groups is 1. The Labute approximate surface area is 134 Å². The summed E-state index contributed by atoms with van der Waals surface area (Å²) in [5.74, 6) is -0.186. The van der Waals surface area contributed by atoms with Gasteiger partial charge >= 0.3 is 5.76 Å². The van der Waals surface area contributed by atoms with Gasteiger partial charge in [-0.05, 0) is 37.8 Å². The van der Waals surface area contributed by atoms with Gasteiger partial charge in [-0.3, -0.25) is 9.36 Å². The summed E-state index contributed by atoms with van der Waals surface area (Å²) in [5.41, 5.74) is 1.35. The lowest BCUT2D eigenvalue weighted by molar-refractivity contribution is -0.134. The molecule has 0 aliphatic heterocycles. The number of aromatic nitrogens is 1. The Morgan fingerprint density at radius 2 is 1.83 bits per heavy atom. The molecule has 0 saturated heterocycles. The van der Waals surface area contributed by atoms with Crippen molar-refractivity contribution in [2.45, 2.75) is 63.6 Å². The Balaban J connectivity index is 1.49. The number of para-hydroxylation sites is 2. The highest BCUT2D eigenvalue weighted by Gasteiger charge is 2.37. The minimum absolute atomic E-state index is 0.191. The molecule has 1 aromatic carbocycles. The number of aryl methyl sites for hydroxylation is 1. The molecule has 0 spiro atoms. The highest BCUT2D eigenvalue weighted by atomic mass is 16.4. The van der Waals surface area contributed by atoms with Crippen molar-refractivity contribution in [2.24, 2.45) is 0 Å². The van der Waals surface area contributed by atoms with Crippen LogP contribution in [0, 0.1) is 0 Å². The molecule has 2 aliphatic rings. The summed E-state index contributed by atoms with van der Waals surface area (Å²) in [4.78, 5) is 26.9. The third kappa shape index (κ3) is 2.80. The third-order valence-corrected chi connectivity index (χ3v) is 5.07. The van der Waals surface area contributed by atoms with Crippen LogP contribution in [0.25, 0.3) is 11.1 Å². The number of rotatable bonds is 5. The van der Waals surface area contributed by atoms with Crippen LogP contribution in [-0.2, 0) is 11.3 Å². The van der Waals surface area contributed by atoms with Crippen LogP contribution in [0.3, 0.4) is 0 Å². The van der Waals surface area contributed by atoms with Crippen molar-refractivity contribution >= 4 is 17.0 Å². The van der Waals surface area contributed by atoms with Gasteiger partial charge in [0.25, 0.3) is 0 Å². The fourth-order valence-corrected chi connectivity index (χ4v) is 3.80. The van der Waals surface area contributed by atoms with Gasteiger partial charge in [-0.1, -0.05) is 25.0 Å². The van der Waals surface area contributed by atoms with Crippen molar-refractivity contribution in [3.63, 3.8) is 0 Å². The second kappa shape index (κ2) is 5.87. The monoisotopic (exact) mass is 314 g/mol. The van der Waals surface area contributed by atoms with E-state index in [9.17, 15) is 9.59 Å². The van der Waals surface area contributed by atoms with Crippen molar-refractivity contribution in [3.05, 3.63) is 34.8 Å². The smallest absolute Gasteiger partial charge is 0.408 e. The van der Waals surface area contributed by atoms with Gasteiger partial charge in [0, 0.05) is 25.0 Å². The summed E-state index contributed by atoms with van der Waals surface area (Å²) < 4.78 is 6.81. The van der Waals surface area contributed by atoms with Crippen molar-refractivity contribution in [3.8, 4) is 0 Å². The van der Waals surface area contributed by atoms with Gasteiger partial charge in [-0.2, -0.15) is 0 Å². The van der Waals surface area contributed by atoms with Gasteiger partial charge in [-0.25, -0.2) is 4.79 Å². The summed E-state index contributed by atoms with van der Waals surface area (Å²) in [6.45, 7) is 0.393. The first kappa shape index (κ1) is 14.5. The van der Waals surface area contributed by atoms with Gasteiger partial charge in [-0.15, -0.1) is 0 Å². The van der Waals surface area contributed by atoms with Crippen LogP contribution in [-0.4, -0.2) is 27.5 Å². The number of amides is 1. The predicted molar refractivity (Wildman–Crippen MR) is 87.2 cm³/mol. The number of hydrogen-bond donors (Lipinski definition) is 0. The van der Waals surface area contributed by atoms with Crippen molar-refractivity contribution in [1.82, 2.24) is 9.47 Å². The fraction of sp³-hybridized carbons (Fsp3) is 0.556. The number of oxazole rings is 1. The fourth-order valence-electron chi connectivity index (χ4n) is 3.80. The molecule has 5 nitrogen and oxygen atoms in total. The van der Waals surface area contributed by atoms with E-state index in [1.54, 1.807) is 10.6 Å². The van der Waals surface area contributed by atoms with Crippen molar-refractivity contribution in [2.75, 3.05) is 0 Å². The van der Waals surface area contributed by atoms with Crippen molar-refractivity contribution < 1.29 is 9.21 Å². The van der Waals surface area contributed by atoms with E-state index in [4.69, 9.17) is 4.42 Å². The Hall–Kier alpha value is -2.04. The molecule has 1 heterocycles. The Morgan fingerprint density at radius 3 is 2.57 bits per heavy atom. The number of fused-ring (bicyclic) bond motifs is 1. The molecule has 5 heteroatoms. The molecule has 2 aromatic rings. The summed E-state index contributed by atoms with van der Waals surface area (Å²) in [6, 6.07) is 8.24. The molecular weight excluding hydrogens is 292 g/mol. The van der Waals surface area contributed by atoms with Gasteiger partial charge in [0.15, 0.2) is 5.58 Å². The largest absolute Gasteiger partial charge is 0.419 e. The quantitative estimate of drug-likeness (QED) is 0.852. The lowest BCUT2D eigenvalue weighted by atomic mass is 10.2. The zero-order valence-electron chi connectivity index (χ0n) is 13.2. The molecule has 122 valence electrons. The minimum atomic E-state index is -0.377. The van der Waals surface area contributed by atoms with E-state index in [1.165, 1.54) is 12.8 Å². The van der Waals surface area contributed by atoms with Crippen LogP contribution in [0.5, 0.6) is 0 Å². The molecule has 1 amide bonds. The van der Waals surface area contributed by atoms with Crippen LogP contribution in [0.15, 0.2) is 33.5 Å². The molecule has 1 aromatic heterocycles. The van der Waals surface area contributed by atoms with Gasteiger partial charge in [0.05, 0.1) is 5.52 Å². The van der Waals surface area contributed by atoms with Gasteiger partial charge < -0.3 is 9.32 Å². The number of benzene rings is 1. The van der Waals surface area contributed by atoms with Gasteiger partial charge in [0.1, 0.15) is 0 Å². The number of carbonyl (C=O) groups excluding carboxylic acids is 1. The molecule has 23 heavy (non-hydrogen) atoms. The standard InChI is InChI=1S/C18H22N2O3/c21-17(20(14-9-10-14)13-5-1-2-6-13)11-12-19-15-7-3-4-8-16(15)23-18(19)22/h3-4,7-8,13-14H,1-2,5-6,9-12H2. The molecule has 0 atom stereocenters. The van der Waals surface area contributed by atoms with Crippen LogP contribution in [0.4, 0.5) is 0 Å². The molecule has 0 N–H and O–H groups in total. The minimum Gasteiger partial charge on any atom is -0.408 e. The Bertz CT molecular complexity index is 766. The number of hydrogen-bond acceptors (Lipinski definition) is 3. The molecule has 0 bridgehead atoms. The summed E-state index contributed by atoms with van der Waals surface area (Å²) in [7, 11) is 0. The molecule has 2 fully saturated rings. The predicted octanol–water partition coefficient (Wildman–Crippen LogP) is 2.92. The molecule has 0 radical (unpaired) electrons. The summed E-state index contributed by atoms with van der Waals surface area (Å²) in [6.07, 6.45) is 7.37. The van der Waals surface area contributed by atoms with Crippen LogP contribution >= 0.6 is 0 Å². The van der Waals surface area contributed by atoms with E-state index in [1.807, 2.05) is 18.2 Å². The average Bonchev–Trinajstić information content (AvgIpc) is 3.12. The second-order valence-electron chi connectivity index (χ2n) is 6.71. The van der Waals surface area contributed by atoms with Gasteiger partial charge in [0.2, 0.25) is 5.91 Å². The topological polar surface area (TPSA) is 55.5 Å². The lowest BCUT2D eigenvalue weighted by Crippen LogP contribution is -2.41. The Kier molecular flexibility index (Phi) is 3.71. The first-order valence-electron chi connectivity index (χ1n) is 8.63.